The second kappa shape index (κ2) is 5.01. The van der Waals surface area contributed by atoms with E-state index in [-0.39, 0.29) is 17.9 Å². The van der Waals surface area contributed by atoms with Gasteiger partial charge in [-0.3, -0.25) is 0 Å². The van der Waals surface area contributed by atoms with E-state index in [9.17, 15) is 17.6 Å². The van der Waals surface area contributed by atoms with Crippen molar-refractivity contribution in [2.45, 2.75) is 18.7 Å². The molecule has 1 aromatic rings. The highest BCUT2D eigenvalue weighted by atomic mass is 35.5. The smallest absolute Gasteiger partial charge is 0.392 e. The van der Waals surface area contributed by atoms with Gasteiger partial charge in [0.15, 0.2) is 0 Å². The predicted molar refractivity (Wildman–Crippen MR) is 51.8 cm³/mol. The van der Waals surface area contributed by atoms with Gasteiger partial charge in [-0.1, -0.05) is 12.1 Å². The van der Waals surface area contributed by atoms with Crippen LogP contribution in [0.4, 0.5) is 17.6 Å². The van der Waals surface area contributed by atoms with E-state index in [0.29, 0.717) is 6.07 Å². The van der Waals surface area contributed by atoms with Crippen molar-refractivity contribution >= 4 is 11.6 Å². The van der Waals surface area contributed by atoms with Crippen molar-refractivity contribution in [1.29, 1.82) is 0 Å². The standard InChI is InChI=1S/C10H9ClF4O/c11-5-7(16)4-6-2-1-3-8(9(6)12)10(13,14)15/h1-3,7,16H,4-5H2. The summed E-state index contributed by atoms with van der Waals surface area (Å²) in [7, 11) is 0. The Hall–Kier alpha value is -0.810. The molecule has 0 saturated heterocycles. The van der Waals surface area contributed by atoms with Gasteiger partial charge in [0.05, 0.1) is 11.7 Å². The van der Waals surface area contributed by atoms with Crippen LogP contribution in [0.1, 0.15) is 11.1 Å². The van der Waals surface area contributed by atoms with Crippen molar-refractivity contribution in [2.75, 3.05) is 5.88 Å². The fourth-order valence-corrected chi connectivity index (χ4v) is 1.37. The molecule has 6 heteroatoms. The molecule has 1 nitrogen and oxygen atoms in total. The Morgan fingerprint density at radius 2 is 1.94 bits per heavy atom. The molecule has 16 heavy (non-hydrogen) atoms. The lowest BCUT2D eigenvalue weighted by atomic mass is 10.0. The number of rotatable bonds is 3. The zero-order chi connectivity index (χ0) is 12.3. The third-order valence-electron chi connectivity index (χ3n) is 2.02. The van der Waals surface area contributed by atoms with Gasteiger partial charge in [0.25, 0.3) is 0 Å². The maximum absolute atomic E-state index is 13.4. The Labute approximate surface area is 94.7 Å². The summed E-state index contributed by atoms with van der Waals surface area (Å²) in [6.07, 6.45) is -6.02. The molecule has 0 aliphatic heterocycles. The SMILES string of the molecule is OC(CCl)Cc1cccc(C(F)(F)F)c1F. The van der Waals surface area contributed by atoms with E-state index in [2.05, 4.69) is 0 Å². The molecular formula is C10H9ClF4O. The van der Waals surface area contributed by atoms with Gasteiger partial charge in [0.1, 0.15) is 5.82 Å². The predicted octanol–water partition coefficient (Wildman–Crippen LogP) is 2.99. The molecule has 1 atom stereocenters. The number of hydrogen-bond acceptors (Lipinski definition) is 1. The molecule has 0 radical (unpaired) electrons. The van der Waals surface area contributed by atoms with Crippen molar-refractivity contribution in [3.05, 3.63) is 35.1 Å². The Balaban J connectivity index is 3.05. The lowest BCUT2D eigenvalue weighted by Gasteiger charge is -2.12. The molecule has 1 aromatic carbocycles. The molecule has 0 aromatic heterocycles. The first-order chi connectivity index (χ1) is 7.36. The summed E-state index contributed by atoms with van der Waals surface area (Å²) in [4.78, 5) is 0. The molecule has 0 spiro atoms. The number of aliphatic hydroxyl groups is 1. The van der Waals surface area contributed by atoms with Crippen LogP contribution in [0.2, 0.25) is 0 Å². The lowest BCUT2D eigenvalue weighted by molar-refractivity contribution is -0.140. The monoisotopic (exact) mass is 256 g/mol. The molecular weight excluding hydrogens is 248 g/mol. The van der Waals surface area contributed by atoms with Gasteiger partial charge < -0.3 is 5.11 Å². The zero-order valence-electron chi connectivity index (χ0n) is 8.06. The fourth-order valence-electron chi connectivity index (χ4n) is 1.26. The first kappa shape index (κ1) is 13.3. The van der Waals surface area contributed by atoms with Crippen LogP contribution in [0.25, 0.3) is 0 Å². The van der Waals surface area contributed by atoms with Gasteiger partial charge in [0, 0.05) is 12.3 Å². The van der Waals surface area contributed by atoms with Crippen LogP contribution in [0, 0.1) is 5.82 Å². The summed E-state index contributed by atoms with van der Waals surface area (Å²) in [5.74, 6) is -1.51. The Bertz CT molecular complexity index is 364. The van der Waals surface area contributed by atoms with E-state index < -0.39 is 23.7 Å². The Kier molecular flexibility index (Phi) is 4.15. The molecule has 1 N–H and O–H groups in total. The van der Waals surface area contributed by atoms with E-state index in [0.717, 1.165) is 6.07 Å². The summed E-state index contributed by atoms with van der Waals surface area (Å²) in [6, 6.07) is 2.95. The van der Waals surface area contributed by atoms with Crippen LogP contribution in [-0.2, 0) is 12.6 Å². The summed E-state index contributed by atoms with van der Waals surface area (Å²) < 4.78 is 50.3. The highest BCUT2D eigenvalue weighted by Crippen LogP contribution is 2.32. The minimum absolute atomic E-state index is 0.157. The largest absolute Gasteiger partial charge is 0.419 e. The third-order valence-corrected chi connectivity index (χ3v) is 2.37. The molecule has 1 unspecified atom stereocenters. The van der Waals surface area contributed by atoms with E-state index in [4.69, 9.17) is 16.7 Å². The van der Waals surface area contributed by atoms with Crippen molar-refractivity contribution in [1.82, 2.24) is 0 Å². The zero-order valence-corrected chi connectivity index (χ0v) is 8.82. The number of alkyl halides is 4. The summed E-state index contributed by atoms with van der Waals surface area (Å²) in [5, 5.41) is 9.15. The van der Waals surface area contributed by atoms with E-state index in [1.165, 1.54) is 6.07 Å². The average molecular weight is 257 g/mol. The van der Waals surface area contributed by atoms with Gasteiger partial charge in [0.2, 0.25) is 0 Å². The van der Waals surface area contributed by atoms with Gasteiger partial charge in [-0.25, -0.2) is 4.39 Å². The minimum Gasteiger partial charge on any atom is -0.392 e. The van der Waals surface area contributed by atoms with E-state index >= 15 is 0 Å². The normalized spacial score (nSPS) is 13.9. The van der Waals surface area contributed by atoms with Crippen LogP contribution >= 0.6 is 11.6 Å². The highest BCUT2D eigenvalue weighted by molar-refractivity contribution is 6.18. The Morgan fingerprint density at radius 1 is 1.31 bits per heavy atom. The van der Waals surface area contributed by atoms with Crippen LogP contribution in [0.3, 0.4) is 0 Å². The van der Waals surface area contributed by atoms with Crippen LogP contribution in [0.5, 0.6) is 0 Å². The molecule has 0 saturated carbocycles. The van der Waals surface area contributed by atoms with Gasteiger partial charge in [-0.2, -0.15) is 13.2 Å². The average Bonchev–Trinajstić information content (AvgIpc) is 2.19. The van der Waals surface area contributed by atoms with Crippen LogP contribution in [-0.4, -0.2) is 17.1 Å². The van der Waals surface area contributed by atoms with Crippen molar-refractivity contribution in [3.63, 3.8) is 0 Å². The molecule has 0 heterocycles. The number of halogens is 5. The minimum atomic E-state index is -4.73. The molecule has 90 valence electrons. The summed E-state index contributed by atoms with van der Waals surface area (Å²) >= 11 is 5.29. The number of benzene rings is 1. The molecule has 0 amide bonds. The molecule has 0 bridgehead atoms. The second-order valence-corrected chi connectivity index (χ2v) is 3.60. The quantitative estimate of drug-likeness (QED) is 0.651. The summed E-state index contributed by atoms with van der Waals surface area (Å²) in [5.41, 5.74) is -1.52. The number of hydrogen-bond donors (Lipinski definition) is 1. The molecule has 1 rings (SSSR count). The molecule has 0 aliphatic rings. The van der Waals surface area contributed by atoms with Crippen molar-refractivity contribution in [2.24, 2.45) is 0 Å². The Morgan fingerprint density at radius 3 is 2.44 bits per heavy atom. The van der Waals surface area contributed by atoms with E-state index in [1.54, 1.807) is 0 Å². The van der Waals surface area contributed by atoms with Gasteiger partial charge in [-0.05, 0) is 11.6 Å². The third kappa shape index (κ3) is 3.09. The van der Waals surface area contributed by atoms with Crippen LogP contribution < -0.4 is 0 Å². The molecule has 0 fully saturated rings. The van der Waals surface area contributed by atoms with Gasteiger partial charge >= 0.3 is 6.18 Å². The van der Waals surface area contributed by atoms with Gasteiger partial charge in [-0.15, -0.1) is 11.6 Å². The van der Waals surface area contributed by atoms with Crippen LogP contribution in [0.15, 0.2) is 18.2 Å². The molecule has 0 aliphatic carbocycles. The first-order valence-corrected chi connectivity index (χ1v) is 4.98. The van der Waals surface area contributed by atoms with Crippen molar-refractivity contribution in [3.8, 4) is 0 Å². The fraction of sp³-hybridized carbons (Fsp3) is 0.400. The van der Waals surface area contributed by atoms with E-state index in [1.807, 2.05) is 0 Å². The maximum Gasteiger partial charge on any atom is 0.419 e. The van der Waals surface area contributed by atoms with Crippen molar-refractivity contribution < 1.29 is 22.7 Å². The lowest BCUT2D eigenvalue weighted by Crippen LogP contribution is -2.16. The highest BCUT2D eigenvalue weighted by Gasteiger charge is 2.34. The summed E-state index contributed by atoms with van der Waals surface area (Å²) in [6.45, 7) is 0. The topological polar surface area (TPSA) is 20.2 Å². The first-order valence-electron chi connectivity index (χ1n) is 4.45. The number of aliphatic hydroxyl groups excluding tert-OH is 1. The second-order valence-electron chi connectivity index (χ2n) is 3.29. The maximum atomic E-state index is 13.4.